The van der Waals surface area contributed by atoms with Crippen molar-refractivity contribution in [3.63, 3.8) is 0 Å². The van der Waals surface area contributed by atoms with Crippen molar-refractivity contribution in [1.82, 2.24) is 0 Å². The molecule has 0 aromatic rings. The molecule has 0 N–H and O–H groups in total. The Morgan fingerprint density at radius 3 is 2.46 bits per heavy atom. The lowest BCUT2D eigenvalue weighted by molar-refractivity contribution is -0.176. The molecule has 148 valence electrons. The average molecular weight is 365 g/mol. The summed E-state index contributed by atoms with van der Waals surface area (Å²) in [7, 11) is 0. The summed E-state index contributed by atoms with van der Waals surface area (Å²) in [6.45, 7) is 16.5. The highest BCUT2D eigenvalue weighted by molar-refractivity contribution is 5.66. The third-order valence-corrected chi connectivity index (χ3v) is 7.32. The van der Waals surface area contributed by atoms with Crippen molar-refractivity contribution < 1.29 is 19.0 Å². The molecule has 2 aliphatic carbocycles. The van der Waals surface area contributed by atoms with Gasteiger partial charge in [0, 0.05) is 25.7 Å². The van der Waals surface area contributed by atoms with E-state index in [9.17, 15) is 4.79 Å². The molecule has 1 saturated heterocycles. The third-order valence-electron chi connectivity index (χ3n) is 7.32. The van der Waals surface area contributed by atoms with Crippen LogP contribution in [0.15, 0.2) is 12.2 Å². The number of esters is 1. The van der Waals surface area contributed by atoms with Crippen molar-refractivity contribution in [2.45, 2.75) is 85.0 Å². The van der Waals surface area contributed by atoms with Crippen LogP contribution in [0.25, 0.3) is 0 Å². The second kappa shape index (κ2) is 6.94. The molecule has 0 radical (unpaired) electrons. The maximum atomic E-state index is 11.7. The first kappa shape index (κ1) is 19.9. The average Bonchev–Trinajstić information content (AvgIpc) is 2.91. The van der Waals surface area contributed by atoms with Gasteiger partial charge in [0.15, 0.2) is 5.79 Å². The fourth-order valence-electron chi connectivity index (χ4n) is 6.40. The van der Waals surface area contributed by atoms with Crippen molar-refractivity contribution in [3.05, 3.63) is 12.2 Å². The van der Waals surface area contributed by atoms with Gasteiger partial charge in [0.25, 0.3) is 0 Å². The molecule has 4 atom stereocenters. The number of hydrogen-bond donors (Lipinski definition) is 0. The smallest absolute Gasteiger partial charge is 0.302 e. The summed E-state index contributed by atoms with van der Waals surface area (Å²) in [5, 5.41) is 0. The van der Waals surface area contributed by atoms with Gasteiger partial charge in [-0.25, -0.2) is 0 Å². The zero-order chi connectivity index (χ0) is 19.2. The van der Waals surface area contributed by atoms with Crippen LogP contribution in [0, 0.1) is 22.7 Å². The van der Waals surface area contributed by atoms with Crippen LogP contribution in [-0.4, -0.2) is 31.1 Å². The number of fused-ring (bicyclic) bond motifs is 1. The van der Waals surface area contributed by atoms with Gasteiger partial charge in [0.2, 0.25) is 0 Å². The molecule has 1 unspecified atom stereocenters. The van der Waals surface area contributed by atoms with E-state index in [1.807, 2.05) is 0 Å². The number of carbonyl (C=O) groups is 1. The Hall–Kier alpha value is -0.870. The molecule has 1 heterocycles. The minimum atomic E-state index is -0.455. The van der Waals surface area contributed by atoms with E-state index in [1.54, 1.807) is 0 Å². The van der Waals surface area contributed by atoms with Gasteiger partial charge in [-0.15, -0.1) is 0 Å². The second-order valence-corrected chi connectivity index (χ2v) is 9.76. The monoisotopic (exact) mass is 364 g/mol. The highest BCUT2D eigenvalue weighted by atomic mass is 16.7. The van der Waals surface area contributed by atoms with Gasteiger partial charge >= 0.3 is 5.97 Å². The van der Waals surface area contributed by atoms with E-state index < -0.39 is 5.79 Å². The van der Waals surface area contributed by atoms with Crippen molar-refractivity contribution in [2.24, 2.45) is 22.7 Å². The summed E-state index contributed by atoms with van der Waals surface area (Å²) in [6.07, 6.45) is 6.22. The minimum absolute atomic E-state index is 0.0499. The highest BCUT2D eigenvalue weighted by Crippen LogP contribution is 2.62. The maximum Gasteiger partial charge on any atom is 0.302 e. The summed E-state index contributed by atoms with van der Waals surface area (Å²) >= 11 is 0. The Labute approximate surface area is 158 Å². The van der Waals surface area contributed by atoms with E-state index >= 15 is 0 Å². The quantitative estimate of drug-likeness (QED) is 0.527. The molecule has 3 rings (SSSR count). The van der Waals surface area contributed by atoms with Crippen molar-refractivity contribution in [2.75, 3.05) is 13.2 Å². The van der Waals surface area contributed by atoms with Gasteiger partial charge in [-0.2, -0.15) is 0 Å². The molecule has 0 amide bonds. The number of ether oxygens (including phenoxy) is 3. The predicted molar refractivity (Wildman–Crippen MR) is 102 cm³/mol. The van der Waals surface area contributed by atoms with E-state index in [0.717, 1.165) is 19.3 Å². The Morgan fingerprint density at radius 1 is 1.19 bits per heavy atom. The summed E-state index contributed by atoms with van der Waals surface area (Å²) < 4.78 is 17.5. The molecule has 0 aromatic heterocycles. The first-order valence-corrected chi connectivity index (χ1v) is 10.2. The Bertz CT molecular complexity index is 560. The molecular weight excluding hydrogens is 328 g/mol. The van der Waals surface area contributed by atoms with Crippen LogP contribution in [0.1, 0.15) is 73.1 Å². The lowest BCUT2D eigenvalue weighted by Crippen LogP contribution is -2.56. The second-order valence-electron chi connectivity index (χ2n) is 9.76. The Kier molecular flexibility index (Phi) is 5.31. The van der Waals surface area contributed by atoms with Crippen LogP contribution in [0.5, 0.6) is 0 Å². The lowest BCUT2D eigenvalue weighted by Gasteiger charge is -2.60. The third kappa shape index (κ3) is 3.60. The summed E-state index contributed by atoms with van der Waals surface area (Å²) in [5.74, 6) is 0.151. The molecule has 26 heavy (non-hydrogen) atoms. The van der Waals surface area contributed by atoms with Crippen molar-refractivity contribution >= 4 is 5.97 Å². The first-order chi connectivity index (χ1) is 12.1. The fraction of sp³-hybridized carbons (Fsp3) is 0.864. The molecule has 4 heteroatoms. The van der Waals surface area contributed by atoms with Crippen molar-refractivity contribution in [1.29, 1.82) is 0 Å². The standard InChI is InChI=1S/C22H36O4/c1-15-14-18(26-16(2)23)19-20(3,4)9-7-10-21(19,5)17(15)8-11-22(6)24-12-13-25-22/h17-19H,1,7-14H2,2-6H3/t17-,18+,19?,21+/m0/s1. The highest BCUT2D eigenvalue weighted by Gasteiger charge is 2.57. The molecule has 3 fully saturated rings. The molecule has 1 aliphatic heterocycles. The van der Waals surface area contributed by atoms with Gasteiger partial charge in [-0.05, 0) is 42.9 Å². The SMILES string of the molecule is C=C1C[C@@H](OC(C)=O)C2C(C)(C)CCC[C@]2(C)[C@H]1CCC1(C)OCCO1. The molecule has 0 spiro atoms. The summed E-state index contributed by atoms with van der Waals surface area (Å²) in [4.78, 5) is 11.7. The Balaban J connectivity index is 1.86. The first-order valence-electron chi connectivity index (χ1n) is 10.2. The predicted octanol–water partition coefficient (Wildman–Crippen LogP) is 4.87. The van der Waals surface area contributed by atoms with Gasteiger partial charge < -0.3 is 14.2 Å². The number of rotatable bonds is 4. The van der Waals surface area contributed by atoms with E-state index in [2.05, 4.69) is 34.3 Å². The van der Waals surface area contributed by atoms with Crippen LogP contribution < -0.4 is 0 Å². The summed E-state index contributed by atoms with van der Waals surface area (Å²) in [6, 6.07) is 0. The van der Waals surface area contributed by atoms with E-state index in [-0.39, 0.29) is 22.9 Å². The Morgan fingerprint density at radius 2 is 1.85 bits per heavy atom. The topological polar surface area (TPSA) is 44.8 Å². The summed E-state index contributed by atoms with van der Waals surface area (Å²) in [5.41, 5.74) is 1.50. The molecule has 0 bridgehead atoms. The number of carbonyl (C=O) groups excluding carboxylic acids is 1. The molecule has 3 aliphatic rings. The van der Waals surface area contributed by atoms with E-state index in [4.69, 9.17) is 14.2 Å². The maximum absolute atomic E-state index is 11.7. The zero-order valence-electron chi connectivity index (χ0n) is 17.2. The molecular formula is C22H36O4. The molecule has 4 nitrogen and oxygen atoms in total. The number of hydrogen-bond acceptors (Lipinski definition) is 4. The van der Waals surface area contributed by atoms with Crippen LogP contribution >= 0.6 is 0 Å². The zero-order valence-corrected chi connectivity index (χ0v) is 17.2. The fourth-order valence-corrected chi connectivity index (χ4v) is 6.40. The van der Waals surface area contributed by atoms with Crippen molar-refractivity contribution in [3.8, 4) is 0 Å². The normalized spacial score (nSPS) is 38.7. The minimum Gasteiger partial charge on any atom is -0.462 e. The molecule has 2 saturated carbocycles. The van der Waals surface area contributed by atoms with Gasteiger partial charge in [0.05, 0.1) is 13.2 Å². The van der Waals surface area contributed by atoms with Gasteiger partial charge in [-0.1, -0.05) is 39.3 Å². The largest absolute Gasteiger partial charge is 0.462 e. The van der Waals surface area contributed by atoms with E-state index in [0.29, 0.717) is 25.0 Å². The van der Waals surface area contributed by atoms with Crippen LogP contribution in [0.4, 0.5) is 0 Å². The van der Waals surface area contributed by atoms with Crippen LogP contribution in [-0.2, 0) is 19.0 Å². The van der Waals surface area contributed by atoms with Crippen LogP contribution in [0.3, 0.4) is 0 Å². The van der Waals surface area contributed by atoms with Gasteiger partial charge in [0.1, 0.15) is 6.10 Å². The lowest BCUT2D eigenvalue weighted by atomic mass is 9.46. The van der Waals surface area contributed by atoms with Gasteiger partial charge in [-0.3, -0.25) is 4.79 Å². The van der Waals surface area contributed by atoms with E-state index in [1.165, 1.54) is 31.8 Å². The molecule has 0 aromatic carbocycles. The van der Waals surface area contributed by atoms with Crippen LogP contribution in [0.2, 0.25) is 0 Å².